The van der Waals surface area contributed by atoms with E-state index in [0.29, 0.717) is 31.2 Å². The van der Waals surface area contributed by atoms with Crippen molar-refractivity contribution >= 4 is 5.91 Å². The normalized spacial score (nSPS) is 17.1. The second-order valence-corrected chi connectivity index (χ2v) is 5.40. The summed E-state index contributed by atoms with van der Waals surface area (Å²) in [5.74, 6) is 0.345. The van der Waals surface area contributed by atoms with Crippen LogP contribution in [0.1, 0.15) is 23.2 Å². The lowest BCUT2D eigenvalue weighted by Gasteiger charge is -2.11. The monoisotopic (exact) mass is 316 g/mol. The maximum Gasteiger partial charge on any atom is 0.251 e. The molecule has 23 heavy (non-hydrogen) atoms. The molecule has 0 radical (unpaired) electrons. The first-order chi connectivity index (χ1) is 11.3. The molecule has 1 atom stereocenters. The molecule has 122 valence electrons. The van der Waals surface area contributed by atoms with E-state index in [0.717, 1.165) is 19.4 Å². The van der Waals surface area contributed by atoms with Crippen molar-refractivity contribution in [1.29, 1.82) is 0 Å². The van der Waals surface area contributed by atoms with E-state index in [-0.39, 0.29) is 12.0 Å². The summed E-state index contributed by atoms with van der Waals surface area (Å²) >= 11 is 0. The summed E-state index contributed by atoms with van der Waals surface area (Å²) in [6.45, 7) is 2.72. The molecular formula is C16H20N4O3. The first-order valence-electron chi connectivity index (χ1n) is 7.75. The first-order valence-corrected chi connectivity index (χ1v) is 7.75. The van der Waals surface area contributed by atoms with E-state index in [2.05, 4.69) is 15.3 Å². The number of amides is 1. The Morgan fingerprint density at radius 2 is 2.43 bits per heavy atom. The van der Waals surface area contributed by atoms with Crippen molar-refractivity contribution in [1.82, 2.24) is 19.9 Å². The minimum absolute atomic E-state index is 0.0241. The molecule has 0 saturated carbocycles. The van der Waals surface area contributed by atoms with Crippen LogP contribution in [0.3, 0.4) is 0 Å². The van der Waals surface area contributed by atoms with Crippen LogP contribution in [0.4, 0.5) is 0 Å². The van der Waals surface area contributed by atoms with Gasteiger partial charge in [0.05, 0.1) is 19.5 Å². The van der Waals surface area contributed by atoms with Gasteiger partial charge >= 0.3 is 0 Å². The van der Waals surface area contributed by atoms with Gasteiger partial charge in [-0.05, 0) is 12.5 Å². The van der Waals surface area contributed by atoms with Gasteiger partial charge in [0.15, 0.2) is 0 Å². The highest BCUT2D eigenvalue weighted by Gasteiger charge is 2.18. The number of aryl methyl sites for hydroxylation is 1. The van der Waals surface area contributed by atoms with Crippen LogP contribution in [-0.2, 0) is 11.3 Å². The molecule has 0 aliphatic carbocycles. The number of pyridine rings is 1. The molecule has 1 amide bonds. The Morgan fingerprint density at radius 3 is 3.22 bits per heavy atom. The van der Waals surface area contributed by atoms with Crippen LogP contribution in [0.25, 0.3) is 0 Å². The van der Waals surface area contributed by atoms with Crippen molar-refractivity contribution in [2.75, 3.05) is 19.8 Å². The predicted molar refractivity (Wildman–Crippen MR) is 83.3 cm³/mol. The van der Waals surface area contributed by atoms with Gasteiger partial charge in [-0.2, -0.15) is 0 Å². The molecule has 2 aromatic heterocycles. The lowest BCUT2D eigenvalue weighted by atomic mass is 10.2. The fourth-order valence-electron chi connectivity index (χ4n) is 2.38. The van der Waals surface area contributed by atoms with Crippen molar-refractivity contribution in [3.8, 4) is 5.88 Å². The molecule has 0 unspecified atom stereocenters. The van der Waals surface area contributed by atoms with Crippen molar-refractivity contribution in [2.24, 2.45) is 0 Å². The predicted octanol–water partition coefficient (Wildman–Crippen LogP) is 1.27. The maximum atomic E-state index is 12.2. The van der Waals surface area contributed by atoms with Crippen molar-refractivity contribution in [2.45, 2.75) is 25.5 Å². The van der Waals surface area contributed by atoms with Crippen molar-refractivity contribution in [3.05, 3.63) is 42.6 Å². The molecule has 0 spiro atoms. The van der Waals surface area contributed by atoms with E-state index in [1.807, 2.05) is 10.8 Å². The van der Waals surface area contributed by atoms with E-state index in [9.17, 15) is 4.79 Å². The molecule has 0 bridgehead atoms. The van der Waals surface area contributed by atoms with Crippen molar-refractivity contribution in [3.63, 3.8) is 0 Å². The van der Waals surface area contributed by atoms with Crippen LogP contribution in [0.5, 0.6) is 5.88 Å². The van der Waals surface area contributed by atoms with Crippen molar-refractivity contribution < 1.29 is 14.3 Å². The second kappa shape index (κ2) is 7.73. The number of hydrogen-bond donors (Lipinski definition) is 1. The largest absolute Gasteiger partial charge is 0.472 e. The second-order valence-electron chi connectivity index (χ2n) is 5.40. The summed E-state index contributed by atoms with van der Waals surface area (Å²) in [5.41, 5.74) is 0.552. The zero-order valence-corrected chi connectivity index (χ0v) is 12.9. The van der Waals surface area contributed by atoms with Gasteiger partial charge in [0.2, 0.25) is 5.88 Å². The van der Waals surface area contributed by atoms with Gasteiger partial charge in [0, 0.05) is 49.7 Å². The zero-order valence-electron chi connectivity index (χ0n) is 12.9. The number of aromatic nitrogens is 3. The SMILES string of the molecule is O=C(NCCCn1ccnc1)c1ccnc(O[C@@H]2CCOC2)c1. The van der Waals surface area contributed by atoms with E-state index in [4.69, 9.17) is 9.47 Å². The van der Waals surface area contributed by atoms with Gasteiger partial charge in [-0.3, -0.25) is 4.79 Å². The van der Waals surface area contributed by atoms with Gasteiger partial charge in [0.25, 0.3) is 5.91 Å². The average molecular weight is 316 g/mol. The van der Waals surface area contributed by atoms with Crippen LogP contribution < -0.4 is 10.1 Å². The van der Waals surface area contributed by atoms with Gasteiger partial charge in [-0.1, -0.05) is 0 Å². The Hall–Kier alpha value is -2.41. The summed E-state index contributed by atoms with van der Waals surface area (Å²) < 4.78 is 13.0. The zero-order chi connectivity index (χ0) is 15.9. The maximum absolute atomic E-state index is 12.2. The number of rotatable bonds is 7. The Labute approximate surface area is 134 Å². The molecular weight excluding hydrogens is 296 g/mol. The number of carbonyl (C=O) groups is 1. The molecule has 0 aromatic carbocycles. The summed E-state index contributed by atoms with van der Waals surface area (Å²) in [7, 11) is 0. The highest BCUT2D eigenvalue weighted by atomic mass is 16.5. The van der Waals surface area contributed by atoms with Crippen LogP contribution >= 0.6 is 0 Å². The third-order valence-electron chi connectivity index (χ3n) is 3.61. The third-order valence-corrected chi connectivity index (χ3v) is 3.61. The minimum Gasteiger partial charge on any atom is -0.472 e. The average Bonchev–Trinajstić information content (AvgIpc) is 3.25. The number of ether oxygens (including phenoxy) is 2. The van der Waals surface area contributed by atoms with E-state index < -0.39 is 0 Å². The molecule has 1 aliphatic rings. The Morgan fingerprint density at radius 1 is 1.48 bits per heavy atom. The highest BCUT2D eigenvalue weighted by Crippen LogP contribution is 2.15. The molecule has 3 rings (SSSR count). The highest BCUT2D eigenvalue weighted by molar-refractivity contribution is 5.94. The van der Waals surface area contributed by atoms with E-state index >= 15 is 0 Å². The number of carbonyl (C=O) groups excluding carboxylic acids is 1. The minimum atomic E-state index is -0.120. The van der Waals surface area contributed by atoms with Crippen LogP contribution in [0.2, 0.25) is 0 Å². The summed E-state index contributed by atoms with van der Waals surface area (Å²) in [5, 5.41) is 2.90. The fourth-order valence-corrected chi connectivity index (χ4v) is 2.38. The summed E-state index contributed by atoms with van der Waals surface area (Å²) in [6, 6.07) is 3.35. The molecule has 2 aromatic rings. The van der Waals surface area contributed by atoms with Gasteiger partial charge < -0.3 is 19.4 Å². The topological polar surface area (TPSA) is 78.3 Å². The Kier molecular flexibility index (Phi) is 5.21. The lowest BCUT2D eigenvalue weighted by Crippen LogP contribution is -2.25. The number of nitrogens with zero attached hydrogens (tertiary/aromatic N) is 3. The molecule has 1 fully saturated rings. The van der Waals surface area contributed by atoms with Gasteiger partial charge in [0.1, 0.15) is 6.10 Å². The van der Waals surface area contributed by atoms with Crippen LogP contribution in [0.15, 0.2) is 37.1 Å². The Bertz CT molecular complexity index is 624. The van der Waals surface area contributed by atoms with Gasteiger partial charge in [-0.15, -0.1) is 0 Å². The molecule has 7 nitrogen and oxygen atoms in total. The molecule has 1 saturated heterocycles. The fraction of sp³-hybridized carbons (Fsp3) is 0.438. The Balaban J connectivity index is 1.46. The molecule has 3 heterocycles. The first kappa shape index (κ1) is 15.5. The quantitative estimate of drug-likeness (QED) is 0.778. The third kappa shape index (κ3) is 4.53. The molecule has 7 heteroatoms. The lowest BCUT2D eigenvalue weighted by molar-refractivity contribution is 0.0951. The molecule has 1 N–H and O–H groups in total. The van der Waals surface area contributed by atoms with Gasteiger partial charge in [-0.25, -0.2) is 9.97 Å². The van der Waals surface area contributed by atoms with Crippen LogP contribution in [-0.4, -0.2) is 46.3 Å². The summed E-state index contributed by atoms with van der Waals surface area (Å²) in [4.78, 5) is 20.3. The number of nitrogens with one attached hydrogen (secondary N) is 1. The number of hydrogen-bond acceptors (Lipinski definition) is 5. The standard InChI is InChI=1S/C16H20N4O3/c21-16(19-4-1-7-20-8-6-17-12-20)13-2-5-18-15(10-13)23-14-3-9-22-11-14/h2,5-6,8,10,12,14H,1,3-4,7,9,11H2,(H,19,21)/t14-/m1/s1. The van der Waals surface area contributed by atoms with Crippen LogP contribution in [0, 0.1) is 0 Å². The number of imidazole rings is 1. The van der Waals surface area contributed by atoms with E-state index in [1.54, 1.807) is 30.9 Å². The summed E-state index contributed by atoms with van der Waals surface area (Å²) in [6.07, 6.45) is 8.72. The van der Waals surface area contributed by atoms with E-state index in [1.165, 1.54) is 0 Å². The molecule has 1 aliphatic heterocycles. The smallest absolute Gasteiger partial charge is 0.251 e.